The number of H-pyrrole nitrogens is 1. The number of rotatable bonds is 31. The molecule has 0 amide bonds. The van der Waals surface area contributed by atoms with E-state index in [-0.39, 0.29) is 41.2 Å². The number of nitriles is 2. The highest BCUT2D eigenvalue weighted by molar-refractivity contribution is 9.11. The Labute approximate surface area is 772 Å². The van der Waals surface area contributed by atoms with Crippen molar-refractivity contribution < 1.29 is 66.6 Å². The molecule has 3 aromatic heterocycles. The lowest BCUT2D eigenvalue weighted by atomic mass is 10.2. The topological polar surface area (TPSA) is 344 Å². The van der Waals surface area contributed by atoms with Crippen molar-refractivity contribution in [2.45, 2.75) is 156 Å². The first-order chi connectivity index (χ1) is 58.9. The van der Waals surface area contributed by atoms with Gasteiger partial charge in [-0.1, -0.05) is 120 Å². The molecule has 5 saturated heterocycles. The molecule has 5 fully saturated rings. The number of ether oxygens (including phenoxy) is 5. The van der Waals surface area contributed by atoms with Crippen LogP contribution < -0.4 is 36.1 Å². The molecular formula is C86H126Br5ClF4N16O10Si. The number of aromatic amines is 1. The van der Waals surface area contributed by atoms with Gasteiger partial charge in [0.2, 0.25) is 5.95 Å². The van der Waals surface area contributed by atoms with Crippen molar-refractivity contribution in [1.82, 2.24) is 60.0 Å². The highest BCUT2D eigenvalue weighted by Crippen LogP contribution is 2.33. The third-order valence-electron chi connectivity index (χ3n) is 19.1. The molecule has 8 heterocycles. The first kappa shape index (κ1) is 111. The molecule has 26 nitrogen and oxygen atoms in total. The number of aryl methyl sites for hydroxylation is 1. The van der Waals surface area contributed by atoms with Crippen LogP contribution in [0, 0.1) is 45.9 Å². The second-order valence-corrected chi connectivity index (χ2v) is 39.9. The van der Waals surface area contributed by atoms with Gasteiger partial charge in [0.15, 0.2) is 6.29 Å². The summed E-state index contributed by atoms with van der Waals surface area (Å²) in [4.78, 5) is 30.8. The van der Waals surface area contributed by atoms with Crippen LogP contribution in [0.3, 0.4) is 0 Å². The molecule has 0 atom stereocenters. The van der Waals surface area contributed by atoms with Crippen LogP contribution in [0.5, 0.6) is 23.0 Å². The molecule has 8 aromatic rings. The highest BCUT2D eigenvalue weighted by Gasteiger charge is 2.20. The zero-order valence-electron chi connectivity index (χ0n) is 71.7. The Balaban J connectivity index is 0.000000373. The van der Waals surface area contributed by atoms with Crippen molar-refractivity contribution in [3.8, 4) is 35.1 Å². The largest absolute Gasteiger partial charge is 0.493 e. The maximum absolute atomic E-state index is 13.5. The van der Waals surface area contributed by atoms with Gasteiger partial charge < -0.3 is 74.4 Å². The molecular weight excluding hydrogens is 1960 g/mol. The Kier molecular flexibility index (Phi) is 59.1. The molecule has 10 N–H and O–H groups in total. The number of hydrogen-bond acceptors (Lipinski definition) is 24. The second kappa shape index (κ2) is 65.5. The van der Waals surface area contributed by atoms with Gasteiger partial charge in [-0.2, -0.15) is 20.7 Å². The zero-order chi connectivity index (χ0) is 89.5. The second-order valence-electron chi connectivity index (χ2n) is 29.7. The first-order valence-electron chi connectivity index (χ1n) is 41.8. The van der Waals surface area contributed by atoms with Crippen molar-refractivity contribution >= 4 is 134 Å². The molecule has 0 aliphatic carbocycles. The van der Waals surface area contributed by atoms with Gasteiger partial charge in [-0.25, -0.2) is 38.1 Å². The van der Waals surface area contributed by atoms with E-state index >= 15 is 0 Å². The molecule has 0 radical (unpaired) electrons. The Bertz CT molecular complexity index is 4300. The van der Waals surface area contributed by atoms with Gasteiger partial charge in [-0.3, -0.25) is 9.89 Å². The van der Waals surface area contributed by atoms with Gasteiger partial charge in [0.1, 0.15) is 76.3 Å². The van der Waals surface area contributed by atoms with Crippen LogP contribution in [0.25, 0.3) is 21.8 Å². The van der Waals surface area contributed by atoms with E-state index in [1.54, 1.807) is 18.3 Å². The monoisotopic (exact) mass is 2080 g/mol. The summed E-state index contributed by atoms with van der Waals surface area (Å²) in [6, 6.07) is 22.3. The molecule has 684 valence electrons. The standard InChI is InChI=1S/C20H32BrN3O2Si.C14H16BrFN2O.C14H17BrFNO2.C14H18BrN3O.C7H2BrF2N.C7H15NO.C6H9N3.C2H6O2.C2H6.ClH.H4N2O/c1-27(2,3)12-11-25-16-24-19-13-17(21)14-20(18(19)15-22-24)26-10-6-9-23-7-4-5-8-23;15-11-8-13(16)12(10-17)14(9-11)19-7-3-6-18-4-1-2-5-18;15-11-8-13(16)12(10-18)14(9-11)19-7-3-6-17-4-1-2-5-17;15-11-8-13-12(10-16-17-13)14(9-11)19-7-3-6-18-4-1-2-5-18;8-4-1-6(9)5(3-11)7(10)2-4;9-7-3-6-8-4-1-2-5-8;1-2-5-3-4-8-6(7)9-5;3-1-2-4;1-2;;1-2-3/h13-15H,4-12,16H2,1-3H3;8-9H,1-7H2;8-10H,1-7H2;8-10H,1-7H2,(H,16,17);1-2H;9H,1-7H2;3-4H,2H2,1H3,(H2,7,8,9);3-4H,1-2H2;1-2H3;1H;2-3H,1H2. The van der Waals surface area contributed by atoms with Crippen LogP contribution in [-0.2, 0) is 17.9 Å². The van der Waals surface area contributed by atoms with E-state index in [2.05, 4.69) is 161 Å². The van der Waals surface area contributed by atoms with Crippen LogP contribution in [0.1, 0.15) is 144 Å². The van der Waals surface area contributed by atoms with Crippen LogP contribution in [-0.4, -0.2) is 240 Å². The summed E-state index contributed by atoms with van der Waals surface area (Å²) >= 11 is 16.4. The lowest BCUT2D eigenvalue weighted by Crippen LogP contribution is -2.22. The first-order valence-corrected chi connectivity index (χ1v) is 49.4. The summed E-state index contributed by atoms with van der Waals surface area (Å²) in [5.74, 6) is 4.13. The van der Waals surface area contributed by atoms with Gasteiger partial charge in [-0.05, 0) is 241 Å². The van der Waals surface area contributed by atoms with Crippen molar-refractivity contribution in [3.63, 3.8) is 0 Å². The van der Waals surface area contributed by atoms with E-state index in [9.17, 15) is 22.4 Å². The predicted octanol–water partition coefficient (Wildman–Crippen LogP) is 17.7. The van der Waals surface area contributed by atoms with E-state index in [0.717, 1.165) is 177 Å². The fraction of sp³-hybridized carbons (Fsp3) is 0.547. The predicted molar refractivity (Wildman–Crippen MR) is 501 cm³/mol. The number of fused-ring (bicyclic) bond motifs is 2. The average Bonchev–Trinajstić information content (AvgIpc) is 1.68. The number of benzene rings is 5. The summed E-state index contributed by atoms with van der Waals surface area (Å²) in [6.07, 6.45) is 24.8. The van der Waals surface area contributed by atoms with E-state index in [1.807, 2.05) is 68.2 Å². The number of anilines is 1. The number of aliphatic hydroxyl groups excluding tert-OH is 3. The fourth-order valence-corrected chi connectivity index (χ4v) is 15.8. The summed E-state index contributed by atoms with van der Waals surface area (Å²) < 4.78 is 86.6. The van der Waals surface area contributed by atoms with Crippen molar-refractivity contribution in [2.75, 3.05) is 157 Å². The Hall–Kier alpha value is -6.08. The number of nitrogens with zero attached hydrogens (tertiary/aromatic N) is 12. The number of carbonyl (C=O) groups is 1. The van der Waals surface area contributed by atoms with Crippen LogP contribution >= 0.6 is 92.1 Å². The molecule has 0 spiro atoms. The normalized spacial score (nSPS) is 14.3. The maximum atomic E-state index is 13.5. The van der Waals surface area contributed by atoms with Crippen molar-refractivity contribution in [2.24, 2.45) is 5.84 Å². The van der Waals surface area contributed by atoms with Crippen molar-refractivity contribution in [1.29, 1.82) is 10.5 Å². The summed E-state index contributed by atoms with van der Waals surface area (Å²) in [5, 5.41) is 61.7. The molecule has 37 heteroatoms. The van der Waals surface area contributed by atoms with Gasteiger partial charge in [0, 0.05) is 88.3 Å². The summed E-state index contributed by atoms with van der Waals surface area (Å²) in [5.41, 5.74) is 9.02. The Morgan fingerprint density at radius 3 is 1.33 bits per heavy atom. The number of aromatic nitrogens is 6. The van der Waals surface area contributed by atoms with E-state index in [4.69, 9.17) is 60.5 Å². The van der Waals surface area contributed by atoms with E-state index < -0.39 is 36.9 Å². The lowest BCUT2D eigenvalue weighted by Gasteiger charge is -2.16. The fourth-order valence-electron chi connectivity index (χ4n) is 13.0. The molecule has 13 rings (SSSR count). The molecule has 0 unspecified atom stereocenters. The molecule has 0 bridgehead atoms. The number of hydrogen-bond donors (Lipinski definition) is 8. The SMILES string of the molecule is Brc1cc(OCCCN2CCCC2)c2cn[nH]c2c1.CC.CCc1ccnc(N)n1.C[Si](C)(C)CCOCn1ncc2c(OCCCN3CCCC3)cc(Br)cc21.Cl.N#Cc1c(F)cc(Br)cc1F.N#Cc1c(F)cc(Br)cc1OCCCN1CCCC1.NNO.O=Cc1c(F)cc(Br)cc1OCCCN1CCCC1.OCCCN1CCCC1.OCCO. The molecule has 5 aromatic carbocycles. The Morgan fingerprint density at radius 2 is 0.927 bits per heavy atom. The quantitative estimate of drug-likeness (QED) is 0.00500. The minimum absolute atomic E-state index is 0. The third-order valence-corrected chi connectivity index (χ3v) is 23.1. The van der Waals surface area contributed by atoms with E-state index in [1.165, 1.54) is 133 Å². The molecule has 5 aliphatic rings. The average molecular weight is 2080 g/mol. The van der Waals surface area contributed by atoms with Gasteiger partial charge >= 0.3 is 0 Å². The zero-order valence-corrected chi connectivity index (χ0v) is 81.5. The molecule has 123 heavy (non-hydrogen) atoms. The number of hydrazine groups is 1. The molecule has 5 aliphatic heterocycles. The van der Waals surface area contributed by atoms with Crippen LogP contribution in [0.15, 0.2) is 108 Å². The van der Waals surface area contributed by atoms with Gasteiger partial charge in [0.05, 0.1) is 79.4 Å². The number of likely N-dealkylation sites (tertiary alicyclic amines) is 5. The Morgan fingerprint density at radius 1 is 0.545 bits per heavy atom. The summed E-state index contributed by atoms with van der Waals surface area (Å²) in [6.45, 7) is 34.5. The minimum Gasteiger partial charge on any atom is -0.493 e. The van der Waals surface area contributed by atoms with Crippen LogP contribution in [0.4, 0.5) is 23.5 Å². The number of aliphatic hydroxyl groups is 3. The number of carbonyl (C=O) groups excluding carboxylic acids is 1. The van der Waals surface area contributed by atoms with Gasteiger partial charge in [-0.15, -0.1) is 18.0 Å². The number of nitrogens with two attached hydrogens (primary N) is 2. The lowest BCUT2D eigenvalue weighted by molar-refractivity contribution is 0.0817. The summed E-state index contributed by atoms with van der Waals surface area (Å²) in [7, 11) is -1.07. The van der Waals surface area contributed by atoms with E-state index in [0.29, 0.717) is 59.2 Å². The van der Waals surface area contributed by atoms with Gasteiger partial charge in [0.25, 0.3) is 0 Å². The number of aldehydes is 1. The highest BCUT2D eigenvalue weighted by atomic mass is 79.9. The van der Waals surface area contributed by atoms with Crippen molar-refractivity contribution in [3.05, 3.63) is 153 Å². The molecule has 0 saturated carbocycles. The number of nitrogen functional groups attached to an aromatic ring is 1. The maximum Gasteiger partial charge on any atom is 0.220 e. The smallest absolute Gasteiger partial charge is 0.220 e. The number of nitrogens with one attached hydrogen (secondary N) is 2. The minimum atomic E-state index is -1.07. The van der Waals surface area contributed by atoms with Crippen LogP contribution in [0.2, 0.25) is 25.7 Å². The number of halogens is 10. The third kappa shape index (κ3) is 45.0.